The molecule has 184 valence electrons. The lowest BCUT2D eigenvalue weighted by atomic mass is 9.98. The molecular formula is C28H28N4O4. The van der Waals surface area contributed by atoms with Gasteiger partial charge in [0.2, 0.25) is 11.8 Å². The maximum Gasteiger partial charge on any atom is 0.294 e. The van der Waals surface area contributed by atoms with Gasteiger partial charge in [-0.15, -0.1) is 0 Å². The normalized spacial score (nSPS) is 18.2. The first kappa shape index (κ1) is 23.5. The largest absolute Gasteiger partial charge is 0.368 e. The van der Waals surface area contributed by atoms with Gasteiger partial charge in [0.25, 0.3) is 5.69 Å². The summed E-state index contributed by atoms with van der Waals surface area (Å²) < 4.78 is 0. The smallest absolute Gasteiger partial charge is 0.294 e. The molecule has 2 fully saturated rings. The standard InChI is InChI=1S/C28H28N4O4/c1-19-8-9-20(2)25(16-19)30-14-12-29(13-15-30)24-11-10-22(17-26(24)32(35)36)31-27(33)18-23(28(31)34)21-6-4-3-5-7-21/h3-11,16-17,23H,12-15,18H2,1-2H3/t23-/m1/s1. The molecule has 3 aromatic carbocycles. The Morgan fingerprint density at radius 1 is 0.833 bits per heavy atom. The van der Waals surface area contributed by atoms with Crippen LogP contribution in [0, 0.1) is 24.0 Å². The van der Waals surface area contributed by atoms with E-state index in [-0.39, 0.29) is 29.6 Å². The second-order valence-corrected chi connectivity index (χ2v) is 9.43. The second kappa shape index (κ2) is 9.45. The lowest BCUT2D eigenvalue weighted by Gasteiger charge is -2.38. The highest BCUT2D eigenvalue weighted by Gasteiger charge is 2.41. The Hall–Kier alpha value is -4.20. The summed E-state index contributed by atoms with van der Waals surface area (Å²) in [7, 11) is 0. The van der Waals surface area contributed by atoms with Crippen molar-refractivity contribution >= 4 is 34.6 Å². The van der Waals surface area contributed by atoms with Crippen molar-refractivity contribution in [2.75, 3.05) is 40.9 Å². The Morgan fingerprint density at radius 2 is 1.50 bits per heavy atom. The van der Waals surface area contributed by atoms with Gasteiger partial charge in [-0.05, 0) is 48.7 Å². The van der Waals surface area contributed by atoms with Crippen molar-refractivity contribution < 1.29 is 14.5 Å². The van der Waals surface area contributed by atoms with Crippen molar-refractivity contribution in [3.63, 3.8) is 0 Å². The number of rotatable bonds is 5. The molecule has 3 aromatic rings. The number of hydrogen-bond acceptors (Lipinski definition) is 6. The quantitative estimate of drug-likeness (QED) is 0.299. The van der Waals surface area contributed by atoms with Gasteiger partial charge < -0.3 is 9.80 Å². The van der Waals surface area contributed by atoms with Gasteiger partial charge in [0.1, 0.15) is 5.69 Å². The first-order valence-electron chi connectivity index (χ1n) is 12.1. The van der Waals surface area contributed by atoms with Crippen LogP contribution in [0.3, 0.4) is 0 Å². The topological polar surface area (TPSA) is 87.0 Å². The summed E-state index contributed by atoms with van der Waals surface area (Å²) in [5.41, 5.74) is 5.01. The Labute approximate surface area is 209 Å². The molecule has 0 spiro atoms. The lowest BCUT2D eigenvalue weighted by molar-refractivity contribution is -0.384. The minimum atomic E-state index is -0.574. The number of imide groups is 1. The van der Waals surface area contributed by atoms with E-state index in [0.29, 0.717) is 18.8 Å². The fourth-order valence-corrected chi connectivity index (χ4v) is 5.16. The number of anilines is 3. The van der Waals surface area contributed by atoms with Gasteiger partial charge in [-0.2, -0.15) is 0 Å². The Kier molecular flexibility index (Phi) is 6.18. The van der Waals surface area contributed by atoms with Crippen LogP contribution in [0.1, 0.15) is 29.0 Å². The maximum atomic E-state index is 13.1. The molecule has 0 unspecified atom stereocenters. The van der Waals surface area contributed by atoms with Crippen molar-refractivity contribution in [2.45, 2.75) is 26.2 Å². The zero-order valence-corrected chi connectivity index (χ0v) is 20.4. The number of hydrogen-bond donors (Lipinski definition) is 0. The van der Waals surface area contributed by atoms with Gasteiger partial charge in [-0.1, -0.05) is 42.5 Å². The van der Waals surface area contributed by atoms with Gasteiger partial charge >= 0.3 is 0 Å². The number of nitrogens with zero attached hydrogens (tertiary/aromatic N) is 4. The van der Waals surface area contributed by atoms with Crippen molar-refractivity contribution in [3.8, 4) is 0 Å². The maximum absolute atomic E-state index is 13.1. The molecule has 2 amide bonds. The highest BCUT2D eigenvalue weighted by molar-refractivity contribution is 6.22. The number of carbonyl (C=O) groups is 2. The fraction of sp³-hybridized carbons (Fsp3) is 0.286. The molecular weight excluding hydrogens is 456 g/mol. The van der Waals surface area contributed by atoms with Gasteiger partial charge in [0.05, 0.1) is 16.5 Å². The van der Waals surface area contributed by atoms with Crippen LogP contribution in [0.2, 0.25) is 0 Å². The lowest BCUT2D eigenvalue weighted by Crippen LogP contribution is -2.47. The molecule has 36 heavy (non-hydrogen) atoms. The molecule has 0 bridgehead atoms. The molecule has 5 rings (SSSR count). The van der Waals surface area contributed by atoms with E-state index < -0.39 is 10.8 Å². The predicted octanol–water partition coefficient (Wildman–Crippen LogP) is 4.59. The van der Waals surface area contributed by atoms with Crippen molar-refractivity contribution in [1.29, 1.82) is 0 Å². The van der Waals surface area contributed by atoms with Crippen LogP contribution in [0.25, 0.3) is 0 Å². The van der Waals surface area contributed by atoms with E-state index in [9.17, 15) is 19.7 Å². The average Bonchev–Trinajstić information content (AvgIpc) is 3.19. The summed E-state index contributed by atoms with van der Waals surface area (Å²) in [6.45, 7) is 6.91. The summed E-state index contributed by atoms with van der Waals surface area (Å²) in [5.74, 6) is -1.27. The number of piperazine rings is 1. The van der Waals surface area contributed by atoms with E-state index in [4.69, 9.17) is 0 Å². The summed E-state index contributed by atoms with van der Waals surface area (Å²) in [5, 5.41) is 12.0. The summed E-state index contributed by atoms with van der Waals surface area (Å²) >= 11 is 0. The fourth-order valence-electron chi connectivity index (χ4n) is 5.16. The van der Waals surface area contributed by atoms with E-state index in [2.05, 4.69) is 36.9 Å². The third-order valence-corrected chi connectivity index (χ3v) is 7.09. The molecule has 0 N–H and O–H groups in total. The van der Waals surface area contributed by atoms with Gasteiger partial charge in [0, 0.05) is 44.4 Å². The zero-order valence-electron chi connectivity index (χ0n) is 20.4. The van der Waals surface area contributed by atoms with Gasteiger partial charge in [0.15, 0.2) is 0 Å². The molecule has 2 saturated heterocycles. The van der Waals surface area contributed by atoms with E-state index in [1.165, 1.54) is 22.9 Å². The van der Waals surface area contributed by atoms with Crippen molar-refractivity contribution in [3.05, 3.63) is 93.5 Å². The number of carbonyl (C=O) groups excluding carboxylic acids is 2. The Morgan fingerprint density at radius 3 is 2.17 bits per heavy atom. The molecule has 2 heterocycles. The van der Waals surface area contributed by atoms with Crippen molar-refractivity contribution in [1.82, 2.24) is 0 Å². The van der Waals surface area contributed by atoms with Crippen LogP contribution in [0.15, 0.2) is 66.7 Å². The molecule has 0 aliphatic carbocycles. The predicted molar refractivity (Wildman–Crippen MR) is 140 cm³/mol. The molecule has 1 atom stereocenters. The van der Waals surface area contributed by atoms with Crippen LogP contribution < -0.4 is 14.7 Å². The average molecular weight is 485 g/mol. The molecule has 0 saturated carbocycles. The first-order valence-corrected chi connectivity index (χ1v) is 12.1. The molecule has 0 aromatic heterocycles. The van der Waals surface area contributed by atoms with Crippen molar-refractivity contribution in [2.24, 2.45) is 0 Å². The third kappa shape index (κ3) is 4.30. The minimum Gasteiger partial charge on any atom is -0.368 e. The minimum absolute atomic E-state index is 0.0543. The zero-order chi connectivity index (χ0) is 25.4. The van der Waals surface area contributed by atoms with E-state index in [0.717, 1.165) is 23.6 Å². The van der Waals surface area contributed by atoms with Crippen LogP contribution in [0.4, 0.5) is 22.7 Å². The first-order chi connectivity index (χ1) is 17.3. The van der Waals surface area contributed by atoms with Crippen LogP contribution in [0.5, 0.6) is 0 Å². The Balaban J connectivity index is 1.37. The number of amides is 2. The molecule has 2 aliphatic heterocycles. The molecule has 2 aliphatic rings. The van der Waals surface area contributed by atoms with E-state index in [1.807, 2.05) is 35.2 Å². The monoisotopic (exact) mass is 484 g/mol. The number of benzene rings is 3. The number of nitro benzene ring substituents is 1. The Bertz CT molecular complexity index is 1330. The van der Waals surface area contributed by atoms with Crippen LogP contribution in [-0.2, 0) is 9.59 Å². The summed E-state index contributed by atoms with van der Waals surface area (Å²) in [6.07, 6.45) is 0.0543. The number of aryl methyl sites for hydroxylation is 2. The third-order valence-electron chi connectivity index (χ3n) is 7.09. The second-order valence-electron chi connectivity index (χ2n) is 9.43. The van der Waals surface area contributed by atoms with E-state index in [1.54, 1.807) is 12.1 Å². The number of nitro groups is 1. The molecule has 8 heteroatoms. The summed E-state index contributed by atoms with van der Waals surface area (Å²) in [4.78, 5) is 42.9. The van der Waals surface area contributed by atoms with Gasteiger partial charge in [-0.25, -0.2) is 4.90 Å². The highest BCUT2D eigenvalue weighted by Crippen LogP contribution is 2.38. The highest BCUT2D eigenvalue weighted by atomic mass is 16.6. The van der Waals surface area contributed by atoms with Gasteiger partial charge in [-0.3, -0.25) is 19.7 Å². The van der Waals surface area contributed by atoms with Crippen LogP contribution >= 0.6 is 0 Å². The molecule has 8 nitrogen and oxygen atoms in total. The SMILES string of the molecule is Cc1ccc(C)c(N2CCN(c3ccc(N4C(=O)C[C@H](c5ccccc5)C4=O)cc3[N+](=O)[O-])CC2)c1. The summed E-state index contributed by atoms with van der Waals surface area (Å²) in [6, 6.07) is 20.2. The molecule has 0 radical (unpaired) electrons. The van der Waals surface area contributed by atoms with E-state index >= 15 is 0 Å². The van der Waals surface area contributed by atoms with Crippen LogP contribution in [-0.4, -0.2) is 42.9 Å².